The fourth-order valence-corrected chi connectivity index (χ4v) is 5.96. The monoisotopic (exact) mass is 586 g/mol. The van der Waals surface area contributed by atoms with Crippen molar-refractivity contribution in [3.8, 4) is 0 Å². The first-order valence-corrected chi connectivity index (χ1v) is 12.7. The number of carbonyl (C=O) groups excluding carboxylic acids is 4. The maximum absolute atomic E-state index is 13.3. The summed E-state index contributed by atoms with van der Waals surface area (Å²) in [6.45, 7) is -0.408. The molecule has 10 heteroatoms. The Morgan fingerprint density at radius 3 is 2.13 bits per heavy atom. The molecule has 1 aliphatic carbocycles. The number of hydrogen-bond donors (Lipinski definition) is 0. The second kappa shape index (κ2) is 9.13. The smallest absolute Gasteiger partial charge is 0.273 e. The van der Waals surface area contributed by atoms with E-state index in [1.807, 2.05) is 0 Å². The van der Waals surface area contributed by atoms with Crippen molar-refractivity contribution in [2.24, 2.45) is 11.8 Å². The topological polar surface area (TPSA) is 74.8 Å². The summed E-state index contributed by atoms with van der Waals surface area (Å²) in [5.41, 5.74) is 0.232. The van der Waals surface area contributed by atoms with E-state index in [1.165, 1.54) is 23.5 Å². The number of benzene rings is 1. The van der Waals surface area contributed by atoms with Gasteiger partial charge in [0.25, 0.3) is 17.7 Å². The van der Waals surface area contributed by atoms with E-state index in [-0.39, 0.29) is 21.0 Å². The zero-order valence-electron chi connectivity index (χ0n) is 16.0. The lowest BCUT2D eigenvalue weighted by Crippen LogP contribution is -2.52. The van der Waals surface area contributed by atoms with Gasteiger partial charge in [-0.2, -0.15) is 5.01 Å². The molecule has 0 spiro atoms. The van der Waals surface area contributed by atoms with Crippen molar-refractivity contribution in [1.82, 2.24) is 10.0 Å². The number of amides is 3. The SMILES string of the molecule is O=C(CN(C(=O)c1ccc(Cl)cc1)N1C(=O)[C@H]2C[C@H](Br)[C@@H](Br)C[C@H]2C1=O)c1cccs1. The number of hydrogen-bond acceptors (Lipinski definition) is 5. The summed E-state index contributed by atoms with van der Waals surface area (Å²) in [7, 11) is 0. The Labute approximate surface area is 204 Å². The average molecular weight is 589 g/mol. The molecule has 6 nitrogen and oxygen atoms in total. The fraction of sp³-hybridized carbons (Fsp3) is 0.333. The number of alkyl halides is 2. The van der Waals surface area contributed by atoms with E-state index in [0.29, 0.717) is 22.7 Å². The summed E-state index contributed by atoms with van der Waals surface area (Å²) in [6.07, 6.45) is 0.951. The Morgan fingerprint density at radius 2 is 1.61 bits per heavy atom. The minimum Gasteiger partial charge on any atom is -0.291 e. The Bertz CT molecular complexity index is 1000. The molecule has 1 aromatic carbocycles. The molecule has 1 aromatic heterocycles. The number of carbonyl (C=O) groups is 4. The van der Waals surface area contributed by atoms with Crippen molar-refractivity contribution >= 4 is 78.3 Å². The number of thiophene rings is 1. The summed E-state index contributed by atoms with van der Waals surface area (Å²) in [6, 6.07) is 9.49. The zero-order chi connectivity index (χ0) is 22.3. The molecule has 4 rings (SSSR count). The quantitative estimate of drug-likeness (QED) is 0.292. The van der Waals surface area contributed by atoms with E-state index in [1.54, 1.807) is 29.6 Å². The second-order valence-corrected chi connectivity index (χ2v) is 11.2. The van der Waals surface area contributed by atoms with Gasteiger partial charge in [-0.15, -0.1) is 11.3 Å². The number of ketones is 1. The molecule has 31 heavy (non-hydrogen) atoms. The lowest BCUT2D eigenvalue weighted by atomic mass is 9.81. The highest BCUT2D eigenvalue weighted by Gasteiger charge is 2.54. The van der Waals surface area contributed by atoms with Gasteiger partial charge in [0.2, 0.25) is 0 Å². The molecule has 1 saturated carbocycles. The second-order valence-electron chi connectivity index (χ2n) is 7.47. The molecule has 2 heterocycles. The Hall–Kier alpha value is -1.55. The van der Waals surface area contributed by atoms with E-state index in [0.717, 1.165) is 10.0 Å². The minimum absolute atomic E-state index is 0.0404. The fourth-order valence-electron chi connectivity index (χ4n) is 3.94. The van der Waals surface area contributed by atoms with Gasteiger partial charge in [0, 0.05) is 20.2 Å². The molecule has 2 aromatic rings. The van der Waals surface area contributed by atoms with Crippen molar-refractivity contribution < 1.29 is 19.2 Å². The zero-order valence-corrected chi connectivity index (χ0v) is 20.8. The summed E-state index contributed by atoms with van der Waals surface area (Å²) in [4.78, 5) is 53.2. The molecule has 0 radical (unpaired) electrons. The number of imide groups is 1. The van der Waals surface area contributed by atoms with Gasteiger partial charge >= 0.3 is 0 Å². The minimum atomic E-state index is -0.604. The largest absolute Gasteiger partial charge is 0.291 e. The van der Waals surface area contributed by atoms with Gasteiger partial charge in [0.05, 0.1) is 16.7 Å². The van der Waals surface area contributed by atoms with Crippen molar-refractivity contribution in [2.45, 2.75) is 22.5 Å². The Balaban J connectivity index is 1.68. The van der Waals surface area contributed by atoms with E-state index in [4.69, 9.17) is 11.6 Å². The molecule has 1 saturated heterocycles. The van der Waals surface area contributed by atoms with Crippen LogP contribution in [0.5, 0.6) is 0 Å². The van der Waals surface area contributed by atoms with E-state index in [2.05, 4.69) is 31.9 Å². The Morgan fingerprint density at radius 1 is 1.03 bits per heavy atom. The van der Waals surface area contributed by atoms with Gasteiger partial charge in [0.15, 0.2) is 5.78 Å². The third-order valence-electron chi connectivity index (χ3n) is 5.54. The van der Waals surface area contributed by atoms with Gasteiger partial charge in [0.1, 0.15) is 6.54 Å². The van der Waals surface area contributed by atoms with Gasteiger partial charge < -0.3 is 0 Å². The van der Waals surface area contributed by atoms with Crippen LogP contribution in [0, 0.1) is 11.8 Å². The first-order valence-electron chi connectivity index (χ1n) is 9.58. The lowest BCUT2D eigenvalue weighted by Gasteiger charge is -2.30. The predicted octanol–water partition coefficient (Wildman–Crippen LogP) is 4.56. The molecule has 0 N–H and O–H groups in total. The van der Waals surface area contributed by atoms with E-state index >= 15 is 0 Å². The highest BCUT2D eigenvalue weighted by atomic mass is 79.9. The van der Waals surface area contributed by atoms with Crippen LogP contribution in [-0.4, -0.2) is 49.7 Å². The van der Waals surface area contributed by atoms with Crippen LogP contribution in [0.3, 0.4) is 0 Å². The van der Waals surface area contributed by atoms with E-state index < -0.39 is 36.1 Å². The van der Waals surface area contributed by atoms with Crippen LogP contribution in [0.2, 0.25) is 5.02 Å². The van der Waals surface area contributed by atoms with Crippen molar-refractivity contribution in [3.63, 3.8) is 0 Å². The summed E-state index contributed by atoms with van der Waals surface area (Å²) >= 11 is 14.3. The highest BCUT2D eigenvalue weighted by Crippen LogP contribution is 2.43. The van der Waals surface area contributed by atoms with Crippen molar-refractivity contribution in [2.75, 3.05) is 6.54 Å². The van der Waals surface area contributed by atoms with Crippen LogP contribution in [0.25, 0.3) is 0 Å². The molecular weight excluding hydrogens is 572 g/mol. The van der Waals surface area contributed by atoms with Crippen LogP contribution in [0.4, 0.5) is 0 Å². The molecule has 162 valence electrons. The van der Waals surface area contributed by atoms with Crippen LogP contribution in [0.15, 0.2) is 41.8 Å². The molecule has 0 unspecified atom stereocenters. The number of rotatable bonds is 5. The van der Waals surface area contributed by atoms with Crippen LogP contribution >= 0.6 is 54.8 Å². The first kappa shape index (κ1) is 22.6. The normalized spacial score (nSPS) is 25.5. The number of fused-ring (bicyclic) bond motifs is 1. The third-order valence-corrected chi connectivity index (χ3v) is 9.44. The summed E-state index contributed by atoms with van der Waals surface area (Å²) in [5, 5.41) is 4.08. The average Bonchev–Trinajstić information content (AvgIpc) is 3.36. The summed E-state index contributed by atoms with van der Waals surface area (Å²) < 4.78 is 0. The lowest BCUT2D eigenvalue weighted by molar-refractivity contribution is -0.154. The first-order chi connectivity index (χ1) is 14.8. The molecule has 1 aliphatic heterocycles. The molecular formula is C21H17Br2ClN2O4S. The number of halogens is 3. The summed E-state index contributed by atoms with van der Waals surface area (Å²) in [5.74, 6) is -2.89. The molecule has 0 bridgehead atoms. The molecule has 3 amide bonds. The number of hydrazine groups is 1. The van der Waals surface area contributed by atoms with Gasteiger partial charge in [-0.3, -0.25) is 19.2 Å². The van der Waals surface area contributed by atoms with Crippen LogP contribution in [0.1, 0.15) is 32.9 Å². The molecule has 2 aliphatic rings. The van der Waals surface area contributed by atoms with Crippen molar-refractivity contribution in [1.29, 1.82) is 0 Å². The van der Waals surface area contributed by atoms with Gasteiger partial charge in [-0.05, 0) is 48.6 Å². The number of Topliss-reactive ketones (excluding diaryl/α,β-unsaturated/α-hetero) is 1. The van der Waals surface area contributed by atoms with Crippen molar-refractivity contribution in [3.05, 3.63) is 57.2 Å². The predicted molar refractivity (Wildman–Crippen MR) is 125 cm³/mol. The van der Waals surface area contributed by atoms with Crippen LogP contribution < -0.4 is 0 Å². The maximum Gasteiger partial charge on any atom is 0.273 e. The van der Waals surface area contributed by atoms with Gasteiger partial charge in [-0.25, -0.2) is 5.01 Å². The molecule has 4 atom stereocenters. The maximum atomic E-state index is 13.3. The number of nitrogens with zero attached hydrogens (tertiary/aromatic N) is 2. The van der Waals surface area contributed by atoms with Crippen LogP contribution in [-0.2, 0) is 9.59 Å². The highest BCUT2D eigenvalue weighted by molar-refractivity contribution is 9.12. The van der Waals surface area contributed by atoms with E-state index in [9.17, 15) is 19.2 Å². The third kappa shape index (κ3) is 4.37. The Kier molecular flexibility index (Phi) is 6.67. The van der Waals surface area contributed by atoms with Gasteiger partial charge in [-0.1, -0.05) is 49.5 Å². The standard InChI is InChI=1S/C21H17Br2ClN2O4S/c22-15-8-13-14(9-16(15)23)21(30)26(20(13)29)25(10-17(27)18-2-1-7-31-18)19(28)11-3-5-12(24)6-4-11/h1-7,13-16H,8-10H2/t13-,14+,15-,16-/m0/s1. The molecule has 2 fully saturated rings.